The second-order valence-corrected chi connectivity index (χ2v) is 9.68. The van der Waals surface area contributed by atoms with Gasteiger partial charge in [-0.1, -0.05) is 12.8 Å². The van der Waals surface area contributed by atoms with E-state index >= 15 is 0 Å². The van der Waals surface area contributed by atoms with Gasteiger partial charge in [-0.15, -0.1) is 22.7 Å². The first kappa shape index (κ1) is 18.1. The lowest BCUT2D eigenvalue weighted by atomic mass is 9.95. The van der Waals surface area contributed by atoms with Crippen molar-refractivity contribution in [1.82, 2.24) is 19.2 Å². The zero-order valence-corrected chi connectivity index (χ0v) is 17.4. The van der Waals surface area contributed by atoms with E-state index in [2.05, 4.69) is 9.88 Å². The van der Waals surface area contributed by atoms with Crippen molar-refractivity contribution in [1.29, 1.82) is 0 Å². The number of thiophene rings is 1. The third kappa shape index (κ3) is 3.22. The Bertz CT molecular complexity index is 1000. The Kier molecular flexibility index (Phi) is 4.84. The maximum Gasteiger partial charge on any atom is 0.264 e. The number of likely N-dealkylation sites (tertiary alicyclic amines) is 2. The van der Waals surface area contributed by atoms with Crippen LogP contribution in [0.15, 0.2) is 17.6 Å². The maximum absolute atomic E-state index is 13.0. The average molecular weight is 417 g/mol. The van der Waals surface area contributed by atoms with Gasteiger partial charge in [0.05, 0.1) is 10.4 Å². The van der Waals surface area contributed by atoms with E-state index in [4.69, 9.17) is 0 Å². The van der Waals surface area contributed by atoms with Gasteiger partial charge in [-0.3, -0.25) is 14.0 Å². The number of thiazole rings is 1. The van der Waals surface area contributed by atoms with Gasteiger partial charge in [0, 0.05) is 43.7 Å². The Morgan fingerprint density at radius 3 is 2.50 bits per heavy atom. The highest BCUT2D eigenvalue weighted by Gasteiger charge is 2.31. The van der Waals surface area contributed by atoms with E-state index in [1.165, 1.54) is 24.2 Å². The summed E-state index contributed by atoms with van der Waals surface area (Å²) in [5, 5.41) is 2.01. The van der Waals surface area contributed by atoms with Crippen molar-refractivity contribution in [2.75, 3.05) is 26.2 Å². The van der Waals surface area contributed by atoms with Crippen LogP contribution in [0.2, 0.25) is 0 Å². The van der Waals surface area contributed by atoms with Crippen LogP contribution in [0.5, 0.6) is 0 Å². The molecule has 5 rings (SSSR count). The van der Waals surface area contributed by atoms with Crippen molar-refractivity contribution in [2.24, 2.45) is 5.92 Å². The molecule has 2 aliphatic heterocycles. The summed E-state index contributed by atoms with van der Waals surface area (Å²) in [7, 11) is 0. The van der Waals surface area contributed by atoms with Crippen molar-refractivity contribution in [3.05, 3.63) is 22.5 Å². The second kappa shape index (κ2) is 7.48. The summed E-state index contributed by atoms with van der Waals surface area (Å²) in [6, 6.07) is 1.96. The van der Waals surface area contributed by atoms with E-state index in [1.54, 1.807) is 11.3 Å². The lowest BCUT2D eigenvalue weighted by Gasteiger charge is -2.33. The van der Waals surface area contributed by atoms with E-state index in [1.807, 2.05) is 26.9 Å². The fourth-order valence-corrected chi connectivity index (χ4v) is 6.16. The summed E-state index contributed by atoms with van der Waals surface area (Å²) in [6.45, 7) is 3.15. The number of carbonyl (C=O) groups excluding carboxylic acids is 2. The third-order valence-corrected chi connectivity index (χ3v) is 7.76. The van der Waals surface area contributed by atoms with E-state index in [0.29, 0.717) is 19.0 Å². The first-order valence-corrected chi connectivity index (χ1v) is 11.8. The Labute approximate surface area is 171 Å². The number of aromatic nitrogens is 2. The predicted octanol–water partition coefficient (Wildman–Crippen LogP) is 3.87. The van der Waals surface area contributed by atoms with Crippen LogP contribution in [0.3, 0.4) is 0 Å². The molecular formula is C20H24N4O2S2. The number of hydrogen-bond acceptors (Lipinski definition) is 5. The fourth-order valence-electron chi connectivity index (χ4n) is 4.39. The molecule has 0 spiro atoms. The minimum Gasteiger partial charge on any atom is -0.342 e. The van der Waals surface area contributed by atoms with Gasteiger partial charge < -0.3 is 9.80 Å². The summed E-state index contributed by atoms with van der Waals surface area (Å²) < 4.78 is 2.04. The molecule has 0 atom stereocenters. The van der Waals surface area contributed by atoms with Crippen LogP contribution in [0.1, 0.15) is 48.2 Å². The molecule has 0 N–H and O–H groups in total. The van der Waals surface area contributed by atoms with Crippen LogP contribution in [0.25, 0.3) is 15.3 Å². The largest absolute Gasteiger partial charge is 0.342 e. The van der Waals surface area contributed by atoms with Crippen molar-refractivity contribution in [3.8, 4) is 0 Å². The lowest BCUT2D eigenvalue weighted by molar-refractivity contribution is -0.136. The van der Waals surface area contributed by atoms with Crippen LogP contribution in [0.4, 0.5) is 0 Å². The molecule has 0 aromatic carbocycles. The van der Waals surface area contributed by atoms with E-state index < -0.39 is 0 Å². The lowest BCUT2D eigenvalue weighted by Crippen LogP contribution is -2.44. The number of piperidine rings is 1. The van der Waals surface area contributed by atoms with Gasteiger partial charge in [0.1, 0.15) is 4.83 Å². The van der Waals surface area contributed by atoms with Crippen LogP contribution in [-0.4, -0.2) is 57.2 Å². The van der Waals surface area contributed by atoms with Gasteiger partial charge >= 0.3 is 0 Å². The highest BCUT2D eigenvalue weighted by Crippen LogP contribution is 2.30. The minimum absolute atomic E-state index is 0.0765. The zero-order valence-electron chi connectivity index (χ0n) is 15.8. The molecule has 0 bridgehead atoms. The van der Waals surface area contributed by atoms with Crippen LogP contribution in [0, 0.1) is 5.92 Å². The first-order chi connectivity index (χ1) is 13.7. The molecule has 3 aromatic heterocycles. The summed E-state index contributed by atoms with van der Waals surface area (Å²) in [4.78, 5) is 37.0. The molecule has 28 heavy (non-hydrogen) atoms. The molecule has 0 saturated carbocycles. The summed E-state index contributed by atoms with van der Waals surface area (Å²) in [5.74, 6) is 0.464. The minimum atomic E-state index is 0.0765. The third-order valence-electron chi connectivity index (χ3n) is 6.00. The number of carbonyl (C=O) groups is 2. The highest BCUT2D eigenvalue weighted by atomic mass is 32.1. The molecule has 2 saturated heterocycles. The zero-order chi connectivity index (χ0) is 19.1. The van der Waals surface area contributed by atoms with Gasteiger partial charge in [0.25, 0.3) is 5.91 Å². The number of hydrogen-bond donors (Lipinski definition) is 0. The molecule has 3 aromatic rings. The van der Waals surface area contributed by atoms with Crippen molar-refractivity contribution in [3.63, 3.8) is 0 Å². The smallest absolute Gasteiger partial charge is 0.264 e. The normalized spacial score (nSPS) is 19.4. The topological polar surface area (TPSA) is 57.9 Å². The predicted molar refractivity (Wildman–Crippen MR) is 112 cm³/mol. The number of amides is 2. The van der Waals surface area contributed by atoms with Gasteiger partial charge in [-0.2, -0.15) is 0 Å². The number of imidazole rings is 1. The monoisotopic (exact) mass is 416 g/mol. The van der Waals surface area contributed by atoms with Crippen molar-refractivity contribution >= 4 is 49.8 Å². The molecule has 8 heteroatoms. The molecule has 148 valence electrons. The molecule has 0 aliphatic carbocycles. The van der Waals surface area contributed by atoms with Gasteiger partial charge in [-0.25, -0.2) is 4.98 Å². The summed E-state index contributed by atoms with van der Waals surface area (Å²) in [5.41, 5.74) is 1.01. The SMILES string of the molecule is O=C(c1cc2c(nc3sccn32)s1)N1CCC(C(=O)N2CCCCCC2)CC1. The highest BCUT2D eigenvalue weighted by molar-refractivity contribution is 7.21. The molecule has 0 unspecified atom stereocenters. The fraction of sp³-hybridized carbons (Fsp3) is 0.550. The Morgan fingerprint density at radius 2 is 1.75 bits per heavy atom. The average Bonchev–Trinajstić information content (AvgIpc) is 3.33. The molecule has 2 aliphatic rings. The first-order valence-electron chi connectivity index (χ1n) is 10.1. The van der Waals surface area contributed by atoms with Gasteiger partial charge in [-0.05, 0) is 31.7 Å². The Balaban J connectivity index is 1.24. The maximum atomic E-state index is 13.0. The summed E-state index contributed by atoms with van der Waals surface area (Å²) >= 11 is 3.07. The van der Waals surface area contributed by atoms with E-state index in [9.17, 15) is 9.59 Å². The standard InChI is InChI=1S/C20H24N4O2S2/c25-18(22-7-3-1-2-4-8-22)14-5-9-23(10-6-14)19(26)16-13-15-17(28-16)21-20-24(15)11-12-27-20/h11-14H,1-10H2. The van der Waals surface area contributed by atoms with Gasteiger partial charge in [0.2, 0.25) is 5.91 Å². The van der Waals surface area contributed by atoms with Crippen LogP contribution >= 0.6 is 22.7 Å². The Hall–Kier alpha value is -1.93. The second-order valence-electron chi connectivity index (χ2n) is 7.77. The van der Waals surface area contributed by atoms with Crippen molar-refractivity contribution in [2.45, 2.75) is 38.5 Å². The summed E-state index contributed by atoms with van der Waals surface area (Å²) in [6.07, 6.45) is 8.27. The molecular weight excluding hydrogens is 392 g/mol. The Morgan fingerprint density at radius 1 is 1.00 bits per heavy atom. The van der Waals surface area contributed by atoms with E-state index in [0.717, 1.165) is 59.0 Å². The van der Waals surface area contributed by atoms with Crippen molar-refractivity contribution < 1.29 is 9.59 Å². The molecule has 2 fully saturated rings. The molecule has 2 amide bonds. The van der Waals surface area contributed by atoms with Crippen LogP contribution < -0.4 is 0 Å². The molecule has 6 nitrogen and oxygen atoms in total. The number of rotatable bonds is 2. The van der Waals surface area contributed by atoms with Crippen LogP contribution in [-0.2, 0) is 4.79 Å². The quantitative estimate of drug-likeness (QED) is 0.637. The van der Waals surface area contributed by atoms with Gasteiger partial charge in [0.15, 0.2) is 4.96 Å². The number of nitrogens with zero attached hydrogens (tertiary/aromatic N) is 4. The molecule has 5 heterocycles. The molecule has 0 radical (unpaired) electrons. The van der Waals surface area contributed by atoms with E-state index in [-0.39, 0.29) is 11.8 Å². The number of fused-ring (bicyclic) bond motifs is 3.